The van der Waals surface area contributed by atoms with Crippen molar-refractivity contribution in [3.05, 3.63) is 29.8 Å². The maximum Gasteiger partial charge on any atom is 0.316 e. The van der Waals surface area contributed by atoms with Crippen LogP contribution < -0.4 is 4.74 Å². The summed E-state index contributed by atoms with van der Waals surface area (Å²) in [6, 6.07) is 8.14. The highest BCUT2D eigenvalue weighted by Gasteiger charge is 1.91. The monoisotopic (exact) mass is 240 g/mol. The summed E-state index contributed by atoms with van der Waals surface area (Å²) in [5, 5.41) is 1.01. The molecule has 0 aliphatic rings. The Kier molecular flexibility index (Phi) is 6.90. The van der Waals surface area contributed by atoms with Crippen LogP contribution in [0.15, 0.2) is 24.3 Å². The third kappa shape index (κ3) is 3.78. The van der Waals surface area contributed by atoms with Gasteiger partial charge in [0.2, 0.25) is 0 Å². The number of halogens is 1. The molecular weight excluding hydrogens is 228 g/mol. The fourth-order valence-electron chi connectivity index (χ4n) is 0.901. The molecule has 0 saturated carbocycles. The van der Waals surface area contributed by atoms with Crippen molar-refractivity contribution in [3.8, 4) is 5.75 Å². The van der Waals surface area contributed by atoms with E-state index in [4.69, 9.17) is 4.74 Å². The minimum absolute atomic E-state index is 0. The summed E-state index contributed by atoms with van der Waals surface area (Å²) in [6.45, 7) is 0. The maximum absolute atomic E-state index is 5.04. The van der Waals surface area contributed by atoms with E-state index in [0.29, 0.717) is 0 Å². The van der Waals surface area contributed by atoms with Gasteiger partial charge in [-0.05, 0) is 24.1 Å². The molecule has 1 aromatic rings. The Morgan fingerprint density at radius 3 is 2.25 bits per heavy atom. The third-order valence-electron chi connectivity index (χ3n) is 1.54. The van der Waals surface area contributed by atoms with Crippen LogP contribution in [0.1, 0.15) is 5.56 Å². The molecule has 1 aromatic carbocycles. The summed E-state index contributed by atoms with van der Waals surface area (Å²) in [7, 11) is 1.68. The van der Waals surface area contributed by atoms with Crippen LogP contribution in [0, 0.1) is 0 Å². The van der Waals surface area contributed by atoms with Gasteiger partial charge in [0, 0.05) is 5.33 Å². The van der Waals surface area contributed by atoms with E-state index in [0.717, 1.165) is 17.5 Å². The van der Waals surface area contributed by atoms with Crippen molar-refractivity contribution in [3.63, 3.8) is 0 Å². The van der Waals surface area contributed by atoms with E-state index < -0.39 is 0 Å². The Hall–Kier alpha value is 0.266. The molecule has 0 radical (unpaired) electrons. The first-order valence-electron chi connectivity index (χ1n) is 3.55. The second-order valence-electron chi connectivity index (χ2n) is 2.29. The molecule has 0 aromatic heterocycles. The quantitative estimate of drug-likeness (QED) is 0.578. The molecule has 0 N–H and O–H groups in total. The summed E-state index contributed by atoms with van der Waals surface area (Å²) in [5.74, 6) is 0.920. The average Bonchev–Trinajstić information content (AvgIpc) is 2.07. The van der Waals surface area contributed by atoms with Gasteiger partial charge in [0.1, 0.15) is 5.75 Å². The van der Waals surface area contributed by atoms with E-state index in [1.807, 2.05) is 12.1 Å². The molecule has 1 rings (SSSR count). The van der Waals surface area contributed by atoms with Gasteiger partial charge in [-0.2, -0.15) is 0 Å². The molecule has 0 spiro atoms. The summed E-state index contributed by atoms with van der Waals surface area (Å²) in [4.78, 5) is 0. The van der Waals surface area contributed by atoms with Gasteiger partial charge in [-0.15, -0.1) is 0 Å². The molecule has 0 atom stereocenters. The van der Waals surface area contributed by atoms with Crippen LogP contribution >= 0.6 is 15.9 Å². The van der Waals surface area contributed by atoms with Crippen LogP contribution in [-0.4, -0.2) is 35.5 Å². The normalized spacial score (nSPS) is 8.83. The molecule has 0 unspecified atom stereocenters. The number of aryl methyl sites for hydroxylation is 1. The molecular formula is C9H13BrMgO. The lowest BCUT2D eigenvalue weighted by atomic mass is 10.2. The summed E-state index contributed by atoms with van der Waals surface area (Å²) in [5.41, 5.74) is 1.34. The second-order valence-corrected chi connectivity index (χ2v) is 3.08. The predicted octanol–water partition coefficient (Wildman–Crippen LogP) is 1.72. The Morgan fingerprint density at radius 1 is 1.25 bits per heavy atom. The number of methoxy groups -OCH3 is 1. The van der Waals surface area contributed by atoms with Crippen molar-refractivity contribution in [1.82, 2.24) is 0 Å². The highest BCUT2D eigenvalue weighted by atomic mass is 79.9. The van der Waals surface area contributed by atoms with Crippen molar-refractivity contribution in [1.29, 1.82) is 0 Å². The molecule has 0 fully saturated rings. The van der Waals surface area contributed by atoms with E-state index in [1.165, 1.54) is 5.56 Å². The fourth-order valence-corrected chi connectivity index (χ4v) is 1.36. The molecule has 12 heavy (non-hydrogen) atoms. The topological polar surface area (TPSA) is 9.23 Å². The number of hydrogen-bond acceptors (Lipinski definition) is 1. The van der Waals surface area contributed by atoms with Crippen LogP contribution in [0.25, 0.3) is 0 Å². The van der Waals surface area contributed by atoms with Gasteiger partial charge in [-0.1, -0.05) is 28.1 Å². The Morgan fingerprint density at radius 2 is 1.83 bits per heavy atom. The second kappa shape index (κ2) is 6.75. The fraction of sp³-hybridized carbons (Fsp3) is 0.333. The minimum atomic E-state index is 0. The van der Waals surface area contributed by atoms with Crippen LogP contribution in [0.4, 0.5) is 0 Å². The summed E-state index contributed by atoms with van der Waals surface area (Å²) < 4.78 is 5.04. The lowest BCUT2D eigenvalue weighted by Gasteiger charge is -2.00. The van der Waals surface area contributed by atoms with Crippen molar-refractivity contribution in [2.24, 2.45) is 0 Å². The van der Waals surface area contributed by atoms with Gasteiger partial charge < -0.3 is 4.74 Å². The van der Waals surface area contributed by atoms with Gasteiger partial charge in [-0.25, -0.2) is 0 Å². The van der Waals surface area contributed by atoms with Gasteiger partial charge in [0.15, 0.2) is 0 Å². The van der Waals surface area contributed by atoms with Crippen LogP contribution in [0.5, 0.6) is 5.75 Å². The summed E-state index contributed by atoms with van der Waals surface area (Å²) >= 11 is 3.39. The average molecular weight is 241 g/mol. The first-order valence-corrected chi connectivity index (χ1v) is 4.68. The Bertz CT molecular complexity index is 210. The van der Waals surface area contributed by atoms with Crippen molar-refractivity contribution < 1.29 is 4.74 Å². The van der Waals surface area contributed by atoms with Crippen molar-refractivity contribution in [2.75, 3.05) is 12.4 Å². The molecule has 0 bridgehead atoms. The smallest absolute Gasteiger partial charge is 0.316 e. The van der Waals surface area contributed by atoms with E-state index in [2.05, 4.69) is 28.1 Å². The first kappa shape index (κ1) is 12.3. The van der Waals surface area contributed by atoms with Gasteiger partial charge in [-0.3, -0.25) is 0 Å². The predicted molar refractivity (Wildman–Crippen MR) is 59.0 cm³/mol. The minimum Gasteiger partial charge on any atom is -0.497 e. The maximum atomic E-state index is 5.04. The number of ether oxygens (including phenoxy) is 1. The van der Waals surface area contributed by atoms with E-state index in [-0.39, 0.29) is 23.1 Å². The number of hydrogen-bond donors (Lipinski definition) is 0. The Balaban J connectivity index is 0.00000121. The highest BCUT2D eigenvalue weighted by Crippen LogP contribution is 2.11. The van der Waals surface area contributed by atoms with Crippen LogP contribution in [0.3, 0.4) is 0 Å². The van der Waals surface area contributed by atoms with E-state index in [1.54, 1.807) is 7.11 Å². The highest BCUT2D eigenvalue weighted by molar-refractivity contribution is 9.09. The standard InChI is InChI=1S/C9H11BrO.Mg.2H/c1-11-9-4-2-8(3-5-9)6-7-10;;;/h2-5H,6-7H2,1H3;;;. The van der Waals surface area contributed by atoms with Crippen molar-refractivity contribution >= 4 is 39.0 Å². The zero-order valence-electron chi connectivity index (χ0n) is 6.51. The molecule has 1 nitrogen and oxygen atoms in total. The first-order chi connectivity index (χ1) is 5.36. The number of rotatable bonds is 3. The molecule has 64 valence electrons. The summed E-state index contributed by atoms with van der Waals surface area (Å²) in [6.07, 6.45) is 1.07. The zero-order valence-corrected chi connectivity index (χ0v) is 8.10. The van der Waals surface area contributed by atoms with E-state index in [9.17, 15) is 0 Å². The molecule has 0 aliphatic carbocycles. The van der Waals surface area contributed by atoms with Gasteiger partial charge in [0.25, 0.3) is 0 Å². The third-order valence-corrected chi connectivity index (χ3v) is 1.94. The molecule has 0 amide bonds. The van der Waals surface area contributed by atoms with Gasteiger partial charge in [0.05, 0.1) is 7.11 Å². The molecule has 0 heterocycles. The van der Waals surface area contributed by atoms with Crippen LogP contribution in [-0.2, 0) is 6.42 Å². The lowest BCUT2D eigenvalue weighted by molar-refractivity contribution is 0.414. The Labute approximate surface area is 97.8 Å². The van der Waals surface area contributed by atoms with E-state index >= 15 is 0 Å². The number of alkyl halides is 1. The number of benzene rings is 1. The lowest BCUT2D eigenvalue weighted by Crippen LogP contribution is -1.86. The van der Waals surface area contributed by atoms with Gasteiger partial charge >= 0.3 is 23.1 Å². The molecule has 3 heteroatoms. The molecule has 0 saturated heterocycles. The SMILES string of the molecule is COc1ccc(CCBr)cc1.[MgH2]. The zero-order chi connectivity index (χ0) is 8.10. The van der Waals surface area contributed by atoms with Crippen LogP contribution in [0.2, 0.25) is 0 Å². The molecule has 0 aliphatic heterocycles. The van der Waals surface area contributed by atoms with Crippen molar-refractivity contribution in [2.45, 2.75) is 6.42 Å². The largest absolute Gasteiger partial charge is 0.497 e.